The van der Waals surface area contributed by atoms with E-state index in [1.807, 2.05) is 0 Å². The summed E-state index contributed by atoms with van der Waals surface area (Å²) in [4.78, 5) is 2.48. The average Bonchev–Trinajstić information content (AvgIpc) is 2.38. The van der Waals surface area contributed by atoms with Gasteiger partial charge in [0.15, 0.2) is 0 Å². The molecule has 0 aromatic carbocycles. The average molecular weight is 264 g/mol. The van der Waals surface area contributed by atoms with E-state index >= 15 is 0 Å². The van der Waals surface area contributed by atoms with Crippen LogP contribution >= 0.6 is 0 Å². The molecule has 7 heteroatoms. The summed E-state index contributed by atoms with van der Waals surface area (Å²) >= 11 is 0. The van der Waals surface area contributed by atoms with Crippen LogP contribution in [0.2, 0.25) is 0 Å². The molecule has 0 amide bonds. The van der Waals surface area contributed by atoms with Gasteiger partial charge >= 0.3 is 0 Å². The van der Waals surface area contributed by atoms with Gasteiger partial charge in [-0.25, -0.2) is 0 Å². The van der Waals surface area contributed by atoms with Crippen LogP contribution in [-0.2, 0) is 4.74 Å². The Morgan fingerprint density at radius 1 is 1.06 bits per heavy atom. The fourth-order valence-electron chi connectivity index (χ4n) is 1.84. The summed E-state index contributed by atoms with van der Waals surface area (Å²) in [6.45, 7) is 1.40. The Kier molecular flexibility index (Phi) is 4.00. The minimum absolute atomic E-state index is 0.164. The standard InChI is InChI=1S/C11H12F4N2O/c12-7-9(8(13)11(15)17-10(7)14)16-5-6-1-3-18-4-2-6/h6H,1-5H2,(H,16,17). The molecule has 1 aromatic heterocycles. The van der Waals surface area contributed by atoms with Gasteiger partial charge in [0.2, 0.25) is 11.6 Å². The third-order valence-corrected chi connectivity index (χ3v) is 2.91. The Labute approximate surface area is 101 Å². The molecule has 1 aromatic rings. The molecule has 0 radical (unpaired) electrons. The highest BCUT2D eigenvalue weighted by Crippen LogP contribution is 2.23. The lowest BCUT2D eigenvalue weighted by Crippen LogP contribution is -2.23. The minimum atomic E-state index is -1.65. The molecule has 1 fully saturated rings. The molecule has 1 saturated heterocycles. The highest BCUT2D eigenvalue weighted by Gasteiger charge is 2.22. The molecule has 1 aliphatic heterocycles. The van der Waals surface area contributed by atoms with E-state index in [2.05, 4.69) is 10.3 Å². The first-order valence-electron chi connectivity index (χ1n) is 5.61. The minimum Gasteiger partial charge on any atom is -0.381 e. The van der Waals surface area contributed by atoms with E-state index in [1.165, 1.54) is 0 Å². The molecule has 2 heterocycles. The maximum Gasteiger partial charge on any atom is 0.253 e. The number of pyridine rings is 1. The van der Waals surface area contributed by atoms with Gasteiger partial charge in [0.05, 0.1) is 0 Å². The SMILES string of the molecule is Fc1nc(F)c(F)c(NCC2CCOCC2)c1F. The third-order valence-electron chi connectivity index (χ3n) is 2.91. The predicted molar refractivity (Wildman–Crippen MR) is 56.1 cm³/mol. The Morgan fingerprint density at radius 3 is 2.17 bits per heavy atom. The van der Waals surface area contributed by atoms with Crippen molar-refractivity contribution in [3.8, 4) is 0 Å². The monoisotopic (exact) mass is 264 g/mol. The van der Waals surface area contributed by atoms with Crippen LogP contribution in [0.3, 0.4) is 0 Å². The maximum absolute atomic E-state index is 13.3. The van der Waals surface area contributed by atoms with Crippen molar-refractivity contribution in [2.75, 3.05) is 25.1 Å². The van der Waals surface area contributed by atoms with Gasteiger partial charge < -0.3 is 10.1 Å². The molecule has 0 spiro atoms. The van der Waals surface area contributed by atoms with Crippen LogP contribution in [0.15, 0.2) is 0 Å². The van der Waals surface area contributed by atoms with E-state index in [9.17, 15) is 17.6 Å². The normalized spacial score (nSPS) is 16.9. The molecular formula is C11H12F4N2O. The van der Waals surface area contributed by atoms with Crippen molar-refractivity contribution in [2.45, 2.75) is 12.8 Å². The van der Waals surface area contributed by atoms with E-state index in [4.69, 9.17) is 4.74 Å². The molecule has 0 bridgehead atoms. The van der Waals surface area contributed by atoms with Gasteiger partial charge in [-0.05, 0) is 18.8 Å². The highest BCUT2D eigenvalue weighted by molar-refractivity contribution is 5.45. The Morgan fingerprint density at radius 2 is 1.61 bits per heavy atom. The smallest absolute Gasteiger partial charge is 0.253 e. The largest absolute Gasteiger partial charge is 0.381 e. The third kappa shape index (κ3) is 2.72. The number of aromatic nitrogens is 1. The predicted octanol–water partition coefficient (Wildman–Crippen LogP) is 2.48. The van der Waals surface area contributed by atoms with E-state index in [0.29, 0.717) is 13.2 Å². The molecule has 2 rings (SSSR count). The molecule has 1 N–H and O–H groups in total. The molecule has 0 unspecified atom stereocenters. The Balaban J connectivity index is 2.08. The molecule has 100 valence electrons. The number of hydrogen-bond donors (Lipinski definition) is 1. The van der Waals surface area contributed by atoms with Crippen molar-refractivity contribution in [1.29, 1.82) is 0 Å². The lowest BCUT2D eigenvalue weighted by molar-refractivity contribution is 0.0699. The second kappa shape index (κ2) is 5.51. The van der Waals surface area contributed by atoms with Crippen LogP contribution in [0.25, 0.3) is 0 Å². The van der Waals surface area contributed by atoms with E-state index in [0.717, 1.165) is 12.8 Å². The summed E-state index contributed by atoms with van der Waals surface area (Å²) in [7, 11) is 0. The highest BCUT2D eigenvalue weighted by atomic mass is 19.2. The van der Waals surface area contributed by atoms with Crippen molar-refractivity contribution in [3.05, 3.63) is 23.5 Å². The van der Waals surface area contributed by atoms with Crippen LogP contribution in [-0.4, -0.2) is 24.7 Å². The second-order valence-corrected chi connectivity index (χ2v) is 4.13. The van der Waals surface area contributed by atoms with Gasteiger partial charge in [-0.15, -0.1) is 0 Å². The molecule has 0 aliphatic carbocycles. The second-order valence-electron chi connectivity index (χ2n) is 4.13. The first-order chi connectivity index (χ1) is 8.59. The van der Waals surface area contributed by atoms with Crippen molar-refractivity contribution in [2.24, 2.45) is 5.92 Å². The van der Waals surface area contributed by atoms with Crippen LogP contribution in [0.4, 0.5) is 23.2 Å². The van der Waals surface area contributed by atoms with Gasteiger partial charge in [0, 0.05) is 19.8 Å². The van der Waals surface area contributed by atoms with E-state index in [-0.39, 0.29) is 12.5 Å². The Bertz CT molecular complexity index is 409. The molecule has 0 saturated carbocycles. The zero-order valence-electron chi connectivity index (χ0n) is 9.48. The quantitative estimate of drug-likeness (QED) is 0.672. The molecule has 0 atom stereocenters. The van der Waals surface area contributed by atoms with Gasteiger partial charge in [-0.2, -0.15) is 22.5 Å². The summed E-state index contributed by atoms with van der Waals surface area (Å²) in [5.74, 6) is -6.13. The topological polar surface area (TPSA) is 34.2 Å². The number of nitrogens with zero attached hydrogens (tertiary/aromatic N) is 1. The van der Waals surface area contributed by atoms with Gasteiger partial charge in [-0.3, -0.25) is 0 Å². The molecule has 18 heavy (non-hydrogen) atoms. The summed E-state index contributed by atoms with van der Waals surface area (Å²) in [5, 5.41) is 2.41. The zero-order valence-corrected chi connectivity index (χ0v) is 9.48. The van der Waals surface area contributed by atoms with Crippen LogP contribution < -0.4 is 5.32 Å². The van der Waals surface area contributed by atoms with Crippen LogP contribution in [0, 0.1) is 29.4 Å². The van der Waals surface area contributed by atoms with Crippen molar-refractivity contribution in [3.63, 3.8) is 0 Å². The van der Waals surface area contributed by atoms with E-state index in [1.54, 1.807) is 0 Å². The summed E-state index contributed by atoms with van der Waals surface area (Å²) < 4.78 is 57.3. The van der Waals surface area contributed by atoms with Crippen molar-refractivity contribution < 1.29 is 22.3 Å². The maximum atomic E-state index is 13.3. The zero-order chi connectivity index (χ0) is 13.1. The summed E-state index contributed by atoms with van der Waals surface area (Å²) in [6.07, 6.45) is 1.48. The summed E-state index contributed by atoms with van der Waals surface area (Å²) in [5.41, 5.74) is -0.800. The van der Waals surface area contributed by atoms with E-state index < -0.39 is 29.2 Å². The van der Waals surface area contributed by atoms with Gasteiger partial charge in [-0.1, -0.05) is 0 Å². The Hall–Kier alpha value is -1.37. The molecule has 3 nitrogen and oxygen atoms in total. The lowest BCUT2D eigenvalue weighted by atomic mass is 10.0. The van der Waals surface area contributed by atoms with Crippen LogP contribution in [0.5, 0.6) is 0 Å². The van der Waals surface area contributed by atoms with Crippen molar-refractivity contribution in [1.82, 2.24) is 4.98 Å². The number of halogens is 4. The first kappa shape index (κ1) is 13.1. The molecular weight excluding hydrogens is 252 g/mol. The number of anilines is 1. The molecule has 1 aliphatic rings. The number of rotatable bonds is 3. The summed E-state index contributed by atoms with van der Waals surface area (Å²) in [6, 6.07) is 0. The van der Waals surface area contributed by atoms with Gasteiger partial charge in [0.25, 0.3) is 11.9 Å². The number of hydrogen-bond acceptors (Lipinski definition) is 3. The number of nitrogens with one attached hydrogen (secondary N) is 1. The van der Waals surface area contributed by atoms with Crippen LogP contribution in [0.1, 0.15) is 12.8 Å². The fourth-order valence-corrected chi connectivity index (χ4v) is 1.84. The lowest BCUT2D eigenvalue weighted by Gasteiger charge is -2.22. The first-order valence-corrected chi connectivity index (χ1v) is 5.61. The number of ether oxygens (including phenoxy) is 1. The van der Waals surface area contributed by atoms with Crippen molar-refractivity contribution >= 4 is 5.69 Å². The van der Waals surface area contributed by atoms with Gasteiger partial charge in [0.1, 0.15) is 5.69 Å². The fraction of sp³-hybridized carbons (Fsp3) is 0.545.